The number of anilines is 1. The van der Waals surface area contributed by atoms with Crippen LogP contribution in [0.1, 0.15) is 16.7 Å². The third kappa shape index (κ3) is 6.20. The van der Waals surface area contributed by atoms with Gasteiger partial charge in [0.05, 0.1) is 31.5 Å². The average molecular weight is 506 g/mol. The first-order chi connectivity index (χ1) is 15.8. The number of ether oxygens (including phenoxy) is 3. The average Bonchev–Trinajstić information content (AvgIpc) is 3.20. The van der Waals surface area contributed by atoms with Crippen LogP contribution in [-0.4, -0.2) is 64.3 Å². The lowest BCUT2D eigenvalue weighted by Crippen LogP contribution is -2.35. The van der Waals surface area contributed by atoms with E-state index in [1.807, 2.05) is 19.0 Å². The maximum Gasteiger partial charge on any atom is 0.252 e. The molecule has 2 aromatic carbocycles. The van der Waals surface area contributed by atoms with Crippen molar-refractivity contribution in [2.75, 3.05) is 53.4 Å². The smallest absolute Gasteiger partial charge is 0.252 e. The molecular weight excluding hydrogens is 474 g/mol. The first-order valence-electron chi connectivity index (χ1n) is 10.6. The molecule has 3 rings (SSSR count). The fraction of sp³-hybridized carbons (Fsp3) is 0.360. The van der Waals surface area contributed by atoms with Gasteiger partial charge in [-0.25, -0.2) is 4.98 Å². The number of nitrogens with zero attached hydrogens (tertiary/aromatic N) is 3. The standard InChI is InChI=1S/C25H31N3O4S.ClH/c1-16-12-17(2)23-21(13-16)33-25(26-23)28(11-10-27(3)4)22(29)9-8-18-14-19(30-5)24(32-7)20(15-18)31-6;/h8-9,12-15H,10-11H2,1-7H3;1H. The SMILES string of the molecule is COc1cc(C=CC(=O)N(CCN(C)C)c2nc3c(C)cc(C)cc3s2)cc(OC)c1OC.Cl. The number of fused-ring (bicyclic) bond motifs is 1. The molecule has 0 bridgehead atoms. The Labute approximate surface area is 211 Å². The molecule has 0 fully saturated rings. The number of halogens is 1. The molecule has 0 saturated carbocycles. The number of thiazole rings is 1. The number of aromatic nitrogens is 1. The van der Waals surface area contributed by atoms with Crippen molar-refractivity contribution in [3.63, 3.8) is 0 Å². The Kier molecular flexibility index (Phi) is 9.73. The van der Waals surface area contributed by atoms with E-state index in [-0.39, 0.29) is 18.3 Å². The van der Waals surface area contributed by atoms with Crippen molar-refractivity contribution in [3.8, 4) is 17.2 Å². The summed E-state index contributed by atoms with van der Waals surface area (Å²) in [5.41, 5.74) is 4.00. The van der Waals surface area contributed by atoms with Gasteiger partial charge in [0.2, 0.25) is 5.75 Å². The van der Waals surface area contributed by atoms with E-state index in [0.717, 1.165) is 27.9 Å². The number of rotatable bonds is 9. The van der Waals surface area contributed by atoms with Crippen LogP contribution in [0.15, 0.2) is 30.3 Å². The maximum absolute atomic E-state index is 13.3. The lowest BCUT2D eigenvalue weighted by molar-refractivity contribution is -0.114. The third-order valence-corrected chi connectivity index (χ3v) is 6.22. The van der Waals surface area contributed by atoms with E-state index in [9.17, 15) is 4.79 Å². The molecule has 7 nitrogen and oxygen atoms in total. The highest BCUT2D eigenvalue weighted by molar-refractivity contribution is 7.22. The van der Waals surface area contributed by atoms with E-state index in [1.54, 1.807) is 50.5 Å². The number of carbonyl (C=O) groups excluding carboxylic acids is 1. The van der Waals surface area contributed by atoms with E-state index in [1.165, 1.54) is 16.9 Å². The number of likely N-dealkylation sites (N-methyl/N-ethyl adjacent to an activating group) is 1. The highest BCUT2D eigenvalue weighted by Gasteiger charge is 2.19. The molecule has 0 aliphatic rings. The Morgan fingerprint density at radius 1 is 1.00 bits per heavy atom. The van der Waals surface area contributed by atoms with Crippen molar-refractivity contribution in [1.29, 1.82) is 0 Å². The number of hydrogen-bond acceptors (Lipinski definition) is 7. The van der Waals surface area contributed by atoms with Gasteiger partial charge in [-0.15, -0.1) is 12.4 Å². The topological polar surface area (TPSA) is 64.1 Å². The summed E-state index contributed by atoms with van der Waals surface area (Å²) in [6, 6.07) is 7.84. The van der Waals surface area contributed by atoms with Crippen molar-refractivity contribution in [2.45, 2.75) is 13.8 Å². The molecule has 0 aliphatic carbocycles. The van der Waals surface area contributed by atoms with Gasteiger partial charge in [0.15, 0.2) is 16.6 Å². The second-order valence-electron chi connectivity index (χ2n) is 8.01. The van der Waals surface area contributed by atoms with Crippen LogP contribution in [0.25, 0.3) is 16.3 Å². The Morgan fingerprint density at radius 3 is 2.21 bits per heavy atom. The van der Waals surface area contributed by atoms with Gasteiger partial charge >= 0.3 is 0 Å². The Hall–Kier alpha value is -2.81. The van der Waals surface area contributed by atoms with Gasteiger partial charge in [0.1, 0.15) is 0 Å². The molecule has 0 aliphatic heterocycles. The Bertz CT molecular complexity index is 1150. The molecule has 0 unspecified atom stereocenters. The maximum atomic E-state index is 13.3. The first kappa shape index (κ1) is 27.4. The quantitative estimate of drug-likeness (QED) is 0.383. The van der Waals surface area contributed by atoms with Crippen LogP contribution in [-0.2, 0) is 4.79 Å². The summed E-state index contributed by atoms with van der Waals surface area (Å²) < 4.78 is 17.3. The summed E-state index contributed by atoms with van der Waals surface area (Å²) in [7, 11) is 8.66. The molecule has 0 radical (unpaired) electrons. The summed E-state index contributed by atoms with van der Waals surface area (Å²) >= 11 is 1.54. The molecule has 184 valence electrons. The molecule has 0 atom stereocenters. The second-order valence-corrected chi connectivity index (χ2v) is 9.02. The molecule has 1 heterocycles. The van der Waals surface area contributed by atoms with Gasteiger partial charge in [0, 0.05) is 19.2 Å². The first-order valence-corrected chi connectivity index (χ1v) is 11.4. The minimum atomic E-state index is -0.140. The second kappa shape index (κ2) is 12.1. The molecule has 9 heteroatoms. The number of hydrogen-bond donors (Lipinski definition) is 0. The van der Waals surface area contributed by atoms with E-state index >= 15 is 0 Å². The largest absolute Gasteiger partial charge is 0.493 e. The van der Waals surface area contributed by atoms with Crippen LogP contribution in [0.2, 0.25) is 0 Å². The van der Waals surface area contributed by atoms with Crippen LogP contribution in [0.4, 0.5) is 5.13 Å². The summed E-state index contributed by atoms with van der Waals surface area (Å²) in [6.07, 6.45) is 3.30. The summed E-state index contributed by atoms with van der Waals surface area (Å²) in [5, 5.41) is 0.695. The van der Waals surface area contributed by atoms with Crippen LogP contribution < -0.4 is 19.1 Å². The van der Waals surface area contributed by atoms with Gasteiger partial charge in [-0.3, -0.25) is 9.69 Å². The molecule has 0 N–H and O–H groups in total. The predicted octanol–water partition coefficient (Wildman–Crippen LogP) is 4.97. The monoisotopic (exact) mass is 505 g/mol. The zero-order valence-corrected chi connectivity index (χ0v) is 22.3. The van der Waals surface area contributed by atoms with E-state index < -0.39 is 0 Å². The predicted molar refractivity (Wildman–Crippen MR) is 142 cm³/mol. The molecular formula is C25H32ClN3O4S. The molecule has 34 heavy (non-hydrogen) atoms. The van der Waals surface area contributed by atoms with Gasteiger partial charge < -0.3 is 19.1 Å². The molecule has 3 aromatic rings. The molecule has 0 spiro atoms. The molecule has 1 aromatic heterocycles. The summed E-state index contributed by atoms with van der Waals surface area (Å²) in [5.74, 6) is 1.44. The minimum absolute atomic E-state index is 0. The van der Waals surface area contributed by atoms with Crippen molar-refractivity contribution in [1.82, 2.24) is 9.88 Å². The highest BCUT2D eigenvalue weighted by atomic mass is 35.5. The Morgan fingerprint density at radius 2 is 1.65 bits per heavy atom. The third-order valence-electron chi connectivity index (χ3n) is 5.19. The summed E-state index contributed by atoms with van der Waals surface area (Å²) in [6.45, 7) is 5.37. The zero-order chi connectivity index (χ0) is 24.1. The van der Waals surface area contributed by atoms with Gasteiger partial charge in [-0.1, -0.05) is 17.4 Å². The minimum Gasteiger partial charge on any atom is -0.493 e. The number of aryl methyl sites for hydroxylation is 2. The molecule has 1 amide bonds. The normalized spacial score (nSPS) is 11.1. The van der Waals surface area contributed by atoms with Crippen molar-refractivity contribution in [2.24, 2.45) is 0 Å². The van der Waals surface area contributed by atoms with E-state index in [2.05, 4.69) is 26.0 Å². The molecule has 0 saturated heterocycles. The van der Waals surface area contributed by atoms with Gasteiger partial charge in [-0.2, -0.15) is 0 Å². The number of methoxy groups -OCH3 is 3. The summed E-state index contributed by atoms with van der Waals surface area (Å²) in [4.78, 5) is 21.9. The van der Waals surface area contributed by atoms with Gasteiger partial charge in [0.25, 0.3) is 5.91 Å². The fourth-order valence-corrected chi connectivity index (χ4v) is 4.70. The number of carbonyl (C=O) groups is 1. The van der Waals surface area contributed by atoms with Crippen LogP contribution in [0.3, 0.4) is 0 Å². The van der Waals surface area contributed by atoms with E-state index in [4.69, 9.17) is 19.2 Å². The highest BCUT2D eigenvalue weighted by Crippen LogP contribution is 2.38. The van der Waals surface area contributed by atoms with Crippen LogP contribution in [0.5, 0.6) is 17.2 Å². The number of benzene rings is 2. The lowest BCUT2D eigenvalue weighted by Gasteiger charge is -2.20. The van der Waals surface area contributed by atoms with E-state index in [0.29, 0.717) is 28.9 Å². The van der Waals surface area contributed by atoms with Crippen LogP contribution in [0, 0.1) is 13.8 Å². The van der Waals surface area contributed by atoms with Crippen LogP contribution >= 0.6 is 23.7 Å². The van der Waals surface area contributed by atoms with Crippen molar-refractivity contribution < 1.29 is 19.0 Å². The van der Waals surface area contributed by atoms with Crippen molar-refractivity contribution in [3.05, 3.63) is 47.0 Å². The van der Waals surface area contributed by atoms with Gasteiger partial charge in [-0.05, 0) is 68.9 Å². The van der Waals surface area contributed by atoms with Crippen molar-refractivity contribution >= 4 is 51.1 Å². The zero-order valence-electron chi connectivity index (χ0n) is 20.7. The Balaban J connectivity index is 0.00000408. The fourth-order valence-electron chi connectivity index (χ4n) is 3.53. The number of amides is 1. The lowest BCUT2D eigenvalue weighted by atomic mass is 10.1.